The molecule has 0 saturated carbocycles. The fourth-order valence-electron chi connectivity index (χ4n) is 0.515. The first-order chi connectivity index (χ1) is 4.76. The van der Waals surface area contributed by atoms with Crippen molar-refractivity contribution in [2.75, 3.05) is 0 Å². The van der Waals surface area contributed by atoms with E-state index in [1.165, 1.54) is 12.2 Å². The molecule has 0 aromatic rings. The molecule has 0 aliphatic heterocycles. The molecule has 2 heteroatoms. The fourth-order valence-corrected chi connectivity index (χ4v) is 0.515. The molecule has 0 rings (SSSR count). The van der Waals surface area contributed by atoms with Crippen LogP contribution in [-0.2, 0) is 9.59 Å². The van der Waals surface area contributed by atoms with Crippen LogP contribution in [0.1, 0.15) is 6.42 Å². The van der Waals surface area contributed by atoms with E-state index in [1.54, 1.807) is 6.29 Å². The molecule has 0 spiro atoms. The lowest BCUT2D eigenvalue weighted by atomic mass is 10.0. The molecule has 10 heavy (non-hydrogen) atoms. The van der Waals surface area contributed by atoms with Gasteiger partial charge in [0.2, 0.25) is 6.29 Å². The molecule has 2 nitrogen and oxygen atoms in total. The highest BCUT2D eigenvalue weighted by molar-refractivity contribution is 5.95. The molecule has 0 fully saturated rings. The van der Waals surface area contributed by atoms with Gasteiger partial charge in [0, 0.05) is 6.42 Å². The number of carbonyl (C=O) groups is 1. The predicted molar refractivity (Wildman–Crippen MR) is 39.2 cm³/mol. The summed E-state index contributed by atoms with van der Waals surface area (Å²) in [6.07, 6.45) is 4.50. The van der Waals surface area contributed by atoms with Crippen molar-refractivity contribution in [3.8, 4) is 0 Å². The van der Waals surface area contributed by atoms with E-state index in [4.69, 9.17) is 0 Å². The van der Waals surface area contributed by atoms with E-state index in [1.807, 2.05) is 0 Å². The van der Waals surface area contributed by atoms with Crippen molar-refractivity contribution in [1.29, 1.82) is 0 Å². The molecule has 0 aromatic carbocycles. The van der Waals surface area contributed by atoms with Crippen molar-refractivity contribution < 1.29 is 9.59 Å². The summed E-state index contributed by atoms with van der Waals surface area (Å²) in [4.78, 5) is 20.8. The lowest BCUT2D eigenvalue weighted by Gasteiger charge is -1.96. The van der Waals surface area contributed by atoms with Gasteiger partial charge >= 0.3 is 0 Å². The molecule has 1 radical (unpaired) electrons. The second kappa shape index (κ2) is 4.68. The first-order valence-electron chi connectivity index (χ1n) is 2.90. The topological polar surface area (TPSA) is 34.1 Å². The summed E-state index contributed by atoms with van der Waals surface area (Å²) in [6.45, 7) is 6.68. The number of hydrogen-bond donors (Lipinski definition) is 0. The minimum absolute atomic E-state index is 0.200. The predicted octanol–water partition coefficient (Wildman–Crippen LogP) is 1.04. The van der Waals surface area contributed by atoms with Gasteiger partial charge in [-0.1, -0.05) is 12.2 Å². The van der Waals surface area contributed by atoms with Gasteiger partial charge < -0.3 is 0 Å². The Kier molecular flexibility index (Phi) is 4.12. The Morgan fingerprint density at radius 2 is 2.20 bits per heavy atom. The largest absolute Gasteiger partial charge is 0.298 e. The lowest BCUT2D eigenvalue weighted by molar-refractivity contribution is -0.119. The van der Waals surface area contributed by atoms with E-state index in [2.05, 4.69) is 13.2 Å². The Balaban J connectivity index is 4.00. The Morgan fingerprint density at radius 1 is 1.60 bits per heavy atom. The molecule has 0 amide bonds. The number of Topliss-reactive ketones (excluding diaryl/α,β-unsaturated/α-hetero) is 1. The summed E-state index contributed by atoms with van der Waals surface area (Å²) in [6, 6.07) is 0. The average molecular weight is 137 g/mol. The zero-order valence-corrected chi connectivity index (χ0v) is 5.67. The van der Waals surface area contributed by atoms with Crippen LogP contribution in [0.15, 0.2) is 25.3 Å². The quantitative estimate of drug-likeness (QED) is 0.419. The first-order valence-corrected chi connectivity index (χ1v) is 2.90. The zero-order chi connectivity index (χ0) is 7.98. The maximum Gasteiger partial charge on any atom is 0.213 e. The van der Waals surface area contributed by atoms with Gasteiger partial charge in [0.05, 0.1) is 0 Å². The van der Waals surface area contributed by atoms with E-state index in [-0.39, 0.29) is 12.2 Å². The van der Waals surface area contributed by atoms with Gasteiger partial charge in [0.15, 0.2) is 5.78 Å². The summed E-state index contributed by atoms with van der Waals surface area (Å²) < 4.78 is 0. The Morgan fingerprint density at radius 3 is 2.50 bits per heavy atom. The van der Waals surface area contributed by atoms with Crippen LogP contribution in [0, 0.1) is 5.92 Å². The summed E-state index contributed by atoms with van der Waals surface area (Å²) in [5.41, 5.74) is 0. The molecular weight excluding hydrogens is 128 g/mol. The van der Waals surface area contributed by atoms with Gasteiger partial charge in [-0.05, 0) is 0 Å². The SMILES string of the molecule is C=CCC(=O)C([C]=O)C=C. The Labute approximate surface area is 60.2 Å². The first kappa shape index (κ1) is 8.82. The molecule has 0 heterocycles. The lowest BCUT2D eigenvalue weighted by Crippen LogP contribution is -2.11. The number of allylic oxidation sites excluding steroid dienone is 2. The van der Waals surface area contributed by atoms with Crippen molar-refractivity contribution >= 4 is 12.1 Å². The van der Waals surface area contributed by atoms with E-state index in [0.29, 0.717) is 0 Å². The number of carbonyl (C=O) groups excluding carboxylic acids is 2. The molecule has 0 saturated heterocycles. The van der Waals surface area contributed by atoms with Gasteiger partial charge in [-0.3, -0.25) is 9.59 Å². The monoisotopic (exact) mass is 137 g/mol. The molecule has 53 valence electrons. The number of rotatable bonds is 5. The van der Waals surface area contributed by atoms with Crippen LogP contribution in [0.25, 0.3) is 0 Å². The van der Waals surface area contributed by atoms with Crippen LogP contribution in [0.3, 0.4) is 0 Å². The molecular formula is C8H9O2. The molecule has 0 bridgehead atoms. The second-order valence-electron chi connectivity index (χ2n) is 1.79. The minimum atomic E-state index is -0.780. The summed E-state index contributed by atoms with van der Waals surface area (Å²) in [7, 11) is 0. The maximum atomic E-state index is 10.8. The third-order valence-electron chi connectivity index (χ3n) is 1.06. The highest BCUT2D eigenvalue weighted by Gasteiger charge is 2.11. The van der Waals surface area contributed by atoms with Crippen LogP contribution in [0.2, 0.25) is 0 Å². The average Bonchev–Trinajstić information content (AvgIpc) is 1.91. The third-order valence-corrected chi connectivity index (χ3v) is 1.06. The third kappa shape index (κ3) is 2.40. The van der Waals surface area contributed by atoms with Gasteiger partial charge in [0.25, 0.3) is 0 Å². The number of ketones is 1. The van der Waals surface area contributed by atoms with Crippen molar-refractivity contribution in [2.45, 2.75) is 6.42 Å². The van der Waals surface area contributed by atoms with Gasteiger partial charge in [-0.15, -0.1) is 13.2 Å². The van der Waals surface area contributed by atoms with E-state index in [9.17, 15) is 9.59 Å². The summed E-state index contributed by atoms with van der Waals surface area (Å²) in [5.74, 6) is -0.988. The van der Waals surface area contributed by atoms with Crippen LogP contribution in [0.5, 0.6) is 0 Å². The van der Waals surface area contributed by atoms with Crippen LogP contribution < -0.4 is 0 Å². The van der Waals surface area contributed by atoms with E-state index in [0.717, 1.165) is 0 Å². The molecule has 0 aliphatic rings. The van der Waals surface area contributed by atoms with Crippen molar-refractivity contribution in [2.24, 2.45) is 5.92 Å². The molecule has 0 aliphatic carbocycles. The molecule has 0 N–H and O–H groups in total. The van der Waals surface area contributed by atoms with Crippen LogP contribution in [0.4, 0.5) is 0 Å². The normalized spacial score (nSPS) is 11.6. The highest BCUT2D eigenvalue weighted by atomic mass is 16.1. The molecule has 1 unspecified atom stereocenters. The maximum absolute atomic E-state index is 10.8. The Bertz CT molecular complexity index is 151. The molecule has 0 aromatic heterocycles. The fraction of sp³-hybridized carbons (Fsp3) is 0.250. The van der Waals surface area contributed by atoms with Crippen molar-refractivity contribution in [1.82, 2.24) is 0 Å². The second-order valence-corrected chi connectivity index (χ2v) is 1.79. The smallest absolute Gasteiger partial charge is 0.213 e. The van der Waals surface area contributed by atoms with Crippen LogP contribution >= 0.6 is 0 Å². The standard InChI is InChI=1S/C8H9O2/c1-3-5-8(10)7(4-2)6-9/h3-4,7H,1-2,5H2. The Hall–Kier alpha value is -1.18. The van der Waals surface area contributed by atoms with E-state index < -0.39 is 5.92 Å². The minimum Gasteiger partial charge on any atom is -0.298 e. The van der Waals surface area contributed by atoms with Gasteiger partial charge in [0.1, 0.15) is 5.92 Å². The number of hydrogen-bond acceptors (Lipinski definition) is 2. The van der Waals surface area contributed by atoms with Gasteiger partial charge in [-0.2, -0.15) is 0 Å². The summed E-state index contributed by atoms with van der Waals surface area (Å²) >= 11 is 0. The van der Waals surface area contributed by atoms with Gasteiger partial charge in [-0.25, -0.2) is 0 Å². The zero-order valence-electron chi connectivity index (χ0n) is 5.67. The molecule has 1 atom stereocenters. The summed E-state index contributed by atoms with van der Waals surface area (Å²) in [5, 5.41) is 0. The van der Waals surface area contributed by atoms with Crippen molar-refractivity contribution in [3.63, 3.8) is 0 Å². The van der Waals surface area contributed by atoms with E-state index >= 15 is 0 Å². The van der Waals surface area contributed by atoms with Crippen molar-refractivity contribution in [3.05, 3.63) is 25.3 Å². The van der Waals surface area contributed by atoms with Crippen LogP contribution in [-0.4, -0.2) is 12.1 Å². The highest BCUT2D eigenvalue weighted by Crippen LogP contribution is 1.99.